The molecule has 1 aromatic rings. The third kappa shape index (κ3) is 5.52. The number of amides is 4. The topological polar surface area (TPSA) is 86.8 Å². The van der Waals surface area contributed by atoms with Crippen LogP contribution in [0.25, 0.3) is 0 Å². The maximum absolute atomic E-state index is 13.4. The molecule has 33 heavy (non-hydrogen) atoms. The number of nitrogens with zero attached hydrogens (tertiary/aromatic N) is 2. The first-order chi connectivity index (χ1) is 15.7. The molecule has 0 bridgehead atoms. The molecule has 0 unspecified atom stereocenters. The fraction of sp³-hybridized carbons (Fsp3) is 0.538. The number of carbonyl (C=O) groups excluding carboxylic acids is 4. The van der Waals surface area contributed by atoms with E-state index in [9.17, 15) is 19.2 Å². The third-order valence-corrected chi connectivity index (χ3v) is 6.57. The van der Waals surface area contributed by atoms with Crippen LogP contribution in [0.4, 0.5) is 0 Å². The number of hydrogen-bond acceptors (Lipinski definition) is 4. The maximum Gasteiger partial charge on any atom is 0.243 e. The summed E-state index contributed by atoms with van der Waals surface area (Å²) in [7, 11) is 0. The van der Waals surface area contributed by atoms with Gasteiger partial charge in [-0.1, -0.05) is 43.3 Å². The highest BCUT2D eigenvalue weighted by atomic mass is 16.2. The zero-order valence-corrected chi connectivity index (χ0v) is 20.0. The molecule has 0 aromatic heterocycles. The second-order valence-electron chi connectivity index (χ2n) is 9.27. The van der Waals surface area contributed by atoms with Gasteiger partial charge in [0.15, 0.2) is 0 Å². The molecular formula is C26H35N3O4. The molecule has 1 aliphatic heterocycles. The van der Waals surface area contributed by atoms with E-state index in [0.29, 0.717) is 25.8 Å². The lowest BCUT2D eigenvalue weighted by atomic mass is 9.85. The third-order valence-electron chi connectivity index (χ3n) is 6.57. The van der Waals surface area contributed by atoms with Crippen LogP contribution in [0, 0.1) is 18.8 Å². The van der Waals surface area contributed by atoms with Gasteiger partial charge in [0.05, 0.1) is 11.8 Å². The molecule has 1 aliphatic carbocycles. The minimum absolute atomic E-state index is 0.00167. The summed E-state index contributed by atoms with van der Waals surface area (Å²) >= 11 is 0. The SMILES string of the molecule is CC[C@H](C(=O)NC(C)C)N(Cc1ccccc1C)C(=O)CCN1C(=O)[C@H]2CC=CC[C@H]2C1=O. The Morgan fingerprint density at radius 1 is 1.09 bits per heavy atom. The predicted molar refractivity (Wildman–Crippen MR) is 126 cm³/mol. The van der Waals surface area contributed by atoms with E-state index in [1.54, 1.807) is 4.90 Å². The van der Waals surface area contributed by atoms with E-state index in [4.69, 9.17) is 0 Å². The van der Waals surface area contributed by atoms with E-state index >= 15 is 0 Å². The van der Waals surface area contributed by atoms with Crippen LogP contribution in [0.5, 0.6) is 0 Å². The Balaban J connectivity index is 1.77. The van der Waals surface area contributed by atoms with Crippen LogP contribution < -0.4 is 5.32 Å². The largest absolute Gasteiger partial charge is 0.352 e. The number of allylic oxidation sites excluding steroid dienone is 2. The second-order valence-corrected chi connectivity index (χ2v) is 9.27. The van der Waals surface area contributed by atoms with Crippen molar-refractivity contribution in [3.63, 3.8) is 0 Å². The Morgan fingerprint density at radius 3 is 2.24 bits per heavy atom. The molecule has 1 aromatic carbocycles. The highest BCUT2D eigenvalue weighted by molar-refractivity contribution is 6.05. The summed E-state index contributed by atoms with van der Waals surface area (Å²) in [5.41, 5.74) is 2.00. The van der Waals surface area contributed by atoms with E-state index in [2.05, 4.69) is 5.32 Å². The van der Waals surface area contributed by atoms with Crippen LogP contribution in [0.2, 0.25) is 0 Å². The Bertz CT molecular complexity index is 913. The number of carbonyl (C=O) groups is 4. The summed E-state index contributed by atoms with van der Waals surface area (Å²) in [6.07, 6.45) is 5.52. The van der Waals surface area contributed by atoms with Crippen molar-refractivity contribution >= 4 is 23.6 Å². The average molecular weight is 454 g/mol. The lowest BCUT2D eigenvalue weighted by Crippen LogP contribution is -2.51. The van der Waals surface area contributed by atoms with Gasteiger partial charge in [-0.15, -0.1) is 0 Å². The van der Waals surface area contributed by atoms with Crippen molar-refractivity contribution < 1.29 is 19.2 Å². The number of imide groups is 1. The fourth-order valence-corrected chi connectivity index (χ4v) is 4.71. The molecule has 3 atom stereocenters. The van der Waals surface area contributed by atoms with E-state index in [1.807, 2.05) is 64.1 Å². The molecular weight excluding hydrogens is 418 g/mol. The van der Waals surface area contributed by atoms with Gasteiger partial charge < -0.3 is 10.2 Å². The van der Waals surface area contributed by atoms with Gasteiger partial charge in [-0.3, -0.25) is 24.1 Å². The number of aryl methyl sites for hydroxylation is 1. The standard InChI is InChI=1S/C26H35N3O4/c1-5-22(24(31)27-17(2)3)29(16-19-11-7-6-10-18(19)4)23(30)14-15-28-25(32)20-12-8-9-13-21(20)26(28)33/h6-11,17,20-22H,5,12-16H2,1-4H3,(H,27,31)/t20-,21+,22-/m1/s1. The molecule has 3 rings (SSSR count). The van der Waals surface area contributed by atoms with Crippen LogP contribution in [0.1, 0.15) is 57.6 Å². The number of fused-ring (bicyclic) bond motifs is 1. The van der Waals surface area contributed by atoms with Gasteiger partial charge in [0, 0.05) is 25.6 Å². The van der Waals surface area contributed by atoms with E-state index in [0.717, 1.165) is 11.1 Å². The molecule has 0 radical (unpaired) electrons. The Hall–Kier alpha value is -2.96. The van der Waals surface area contributed by atoms with Crippen LogP contribution >= 0.6 is 0 Å². The lowest BCUT2D eigenvalue weighted by Gasteiger charge is -2.32. The van der Waals surface area contributed by atoms with Crippen molar-refractivity contribution in [1.82, 2.24) is 15.1 Å². The normalized spacial score (nSPS) is 20.7. The van der Waals surface area contributed by atoms with Crippen molar-refractivity contribution in [3.05, 3.63) is 47.5 Å². The van der Waals surface area contributed by atoms with Crippen molar-refractivity contribution in [2.45, 2.75) is 72.0 Å². The van der Waals surface area contributed by atoms with Crippen LogP contribution in [-0.2, 0) is 25.7 Å². The smallest absolute Gasteiger partial charge is 0.243 e. The van der Waals surface area contributed by atoms with Crippen LogP contribution in [0.15, 0.2) is 36.4 Å². The molecule has 1 N–H and O–H groups in total. The second kappa shape index (κ2) is 10.8. The van der Waals surface area contributed by atoms with Gasteiger partial charge in [0.25, 0.3) is 0 Å². The fourth-order valence-electron chi connectivity index (χ4n) is 4.71. The number of rotatable bonds is 9. The lowest BCUT2D eigenvalue weighted by molar-refractivity contribution is -0.144. The molecule has 1 saturated heterocycles. The molecule has 1 fully saturated rings. The van der Waals surface area contributed by atoms with Gasteiger partial charge >= 0.3 is 0 Å². The first kappa shape index (κ1) is 24.7. The minimum Gasteiger partial charge on any atom is -0.352 e. The van der Waals surface area contributed by atoms with E-state index in [1.165, 1.54) is 4.90 Å². The molecule has 7 heteroatoms. The Labute approximate surface area is 196 Å². The van der Waals surface area contributed by atoms with E-state index in [-0.39, 0.29) is 54.5 Å². The first-order valence-corrected chi connectivity index (χ1v) is 11.9. The van der Waals surface area contributed by atoms with Crippen LogP contribution in [-0.4, -0.2) is 52.1 Å². The molecule has 1 heterocycles. The summed E-state index contributed by atoms with van der Waals surface area (Å²) in [6, 6.07) is 7.11. The number of hydrogen-bond donors (Lipinski definition) is 1. The molecule has 7 nitrogen and oxygen atoms in total. The molecule has 0 spiro atoms. The van der Waals surface area contributed by atoms with Crippen molar-refractivity contribution in [1.29, 1.82) is 0 Å². The first-order valence-electron chi connectivity index (χ1n) is 11.9. The molecule has 178 valence electrons. The zero-order chi connectivity index (χ0) is 24.1. The highest BCUT2D eigenvalue weighted by Gasteiger charge is 2.47. The highest BCUT2D eigenvalue weighted by Crippen LogP contribution is 2.35. The molecule has 4 amide bonds. The minimum atomic E-state index is -0.628. The quantitative estimate of drug-likeness (QED) is 0.460. The van der Waals surface area contributed by atoms with Crippen LogP contribution in [0.3, 0.4) is 0 Å². The maximum atomic E-state index is 13.4. The van der Waals surface area contributed by atoms with Gasteiger partial charge in [0.1, 0.15) is 6.04 Å². The Kier molecular flexibility index (Phi) is 8.06. The number of benzene rings is 1. The average Bonchev–Trinajstić information content (AvgIpc) is 3.02. The summed E-state index contributed by atoms with van der Waals surface area (Å²) in [4.78, 5) is 54.7. The monoisotopic (exact) mass is 453 g/mol. The van der Waals surface area contributed by atoms with Gasteiger partial charge in [-0.25, -0.2) is 0 Å². The summed E-state index contributed by atoms with van der Waals surface area (Å²) < 4.78 is 0. The Morgan fingerprint density at radius 2 is 1.70 bits per heavy atom. The molecule has 0 saturated carbocycles. The number of nitrogens with one attached hydrogen (secondary N) is 1. The van der Waals surface area contributed by atoms with Crippen molar-refractivity contribution in [3.8, 4) is 0 Å². The number of likely N-dealkylation sites (tertiary alicyclic amines) is 1. The van der Waals surface area contributed by atoms with E-state index < -0.39 is 6.04 Å². The summed E-state index contributed by atoms with van der Waals surface area (Å²) in [5, 5.41) is 2.92. The van der Waals surface area contributed by atoms with Crippen molar-refractivity contribution in [2.75, 3.05) is 6.54 Å². The van der Waals surface area contributed by atoms with Gasteiger partial charge in [-0.2, -0.15) is 0 Å². The summed E-state index contributed by atoms with van der Waals surface area (Å²) in [5.74, 6) is -1.41. The van der Waals surface area contributed by atoms with Gasteiger partial charge in [-0.05, 0) is 51.2 Å². The predicted octanol–water partition coefficient (Wildman–Crippen LogP) is 2.97. The summed E-state index contributed by atoms with van der Waals surface area (Å²) in [6.45, 7) is 7.98. The van der Waals surface area contributed by atoms with Gasteiger partial charge in [0.2, 0.25) is 23.6 Å². The zero-order valence-electron chi connectivity index (χ0n) is 20.0. The molecule has 2 aliphatic rings. The van der Waals surface area contributed by atoms with Crippen molar-refractivity contribution in [2.24, 2.45) is 11.8 Å².